The summed E-state index contributed by atoms with van der Waals surface area (Å²) in [5.41, 5.74) is 13.3. The third kappa shape index (κ3) is 7.66. The average molecular weight is 843 g/mol. The molecule has 0 aliphatic rings. The lowest BCUT2D eigenvalue weighted by atomic mass is 10.1. The van der Waals surface area contributed by atoms with Crippen molar-refractivity contribution in [2.24, 2.45) is 19.8 Å². The van der Waals surface area contributed by atoms with Gasteiger partial charge in [0.25, 0.3) is 5.91 Å². The number of carbonyl (C=O) groups excluding carboxylic acids is 2. The van der Waals surface area contributed by atoms with E-state index in [9.17, 15) is 14.0 Å². The molecule has 0 spiro atoms. The molecule has 4 aromatic carbocycles. The first-order chi connectivity index (χ1) is 26.0. The molecule has 15 heteroatoms. The third-order valence-corrected chi connectivity index (χ3v) is 9.14. The van der Waals surface area contributed by atoms with Gasteiger partial charge in [-0.3, -0.25) is 18.5 Å². The average Bonchev–Trinajstić information content (AvgIpc) is 3.96. The van der Waals surface area contributed by atoms with Crippen LogP contribution in [0.1, 0.15) is 22.3 Å². The normalized spacial score (nSPS) is 11.0. The van der Waals surface area contributed by atoms with Crippen LogP contribution in [0.15, 0.2) is 119 Å². The molecular formula is C38H32Br2FN9O3. The molecule has 1 amide bonds. The minimum atomic E-state index is -1.00. The number of nitrogens with two attached hydrogens (primary N) is 1. The number of methoxy groups -OCH3 is 1. The number of esters is 1. The Morgan fingerprint density at radius 2 is 1.17 bits per heavy atom. The Morgan fingerprint density at radius 1 is 0.717 bits per heavy atom. The van der Waals surface area contributed by atoms with Crippen LogP contribution < -0.4 is 5.73 Å². The monoisotopic (exact) mass is 840 g/mol. The summed E-state index contributed by atoms with van der Waals surface area (Å²) in [6.45, 7) is 0. The molecular weight excluding hydrogens is 809 g/mol. The van der Waals surface area contributed by atoms with Gasteiger partial charge in [0, 0.05) is 57.3 Å². The molecule has 0 radical (unpaired) electrons. The maximum Gasteiger partial charge on any atom is 0.359 e. The van der Waals surface area contributed by atoms with E-state index in [0.29, 0.717) is 5.39 Å². The minimum Gasteiger partial charge on any atom is -0.464 e. The van der Waals surface area contributed by atoms with E-state index in [-0.39, 0.29) is 11.4 Å². The molecule has 268 valence electrons. The lowest BCUT2D eigenvalue weighted by Gasteiger charge is -2.04. The molecule has 0 saturated carbocycles. The fraction of sp³-hybridized carbons (Fsp3) is 0.105. The highest BCUT2D eigenvalue weighted by atomic mass is 79.9. The highest BCUT2D eigenvalue weighted by Crippen LogP contribution is 2.31. The largest absolute Gasteiger partial charge is 0.464 e. The van der Waals surface area contributed by atoms with Crippen LogP contribution in [0.4, 0.5) is 4.39 Å². The third-order valence-electron chi connectivity index (χ3n) is 8.15. The van der Waals surface area contributed by atoms with E-state index in [4.69, 9.17) is 11.8 Å². The SMILES string of the molecule is COC(=O)c1nn(-c2cccc(Br)c2)c2ccc(-c3cnn(C)c3)cc12.Cn1cc(-c2ccc3c(c2)c(C(N)=O)nn3-c2cccc(Br)c2)cn1.[2H]CF. The maximum absolute atomic E-state index is 12.3. The Balaban J connectivity index is 0.000000172. The molecule has 2 N–H and O–H groups in total. The van der Waals surface area contributed by atoms with Crippen LogP contribution in [-0.2, 0) is 18.8 Å². The molecule has 0 atom stereocenters. The first kappa shape index (κ1) is 35.5. The van der Waals surface area contributed by atoms with Gasteiger partial charge in [0.05, 0.1) is 50.4 Å². The molecule has 4 aromatic heterocycles. The standard InChI is InChI=1S/C19H15BrN4O2.C18H14BrN5O.CH3F/c1-23-11-13(10-21-23)12-6-7-17-16(8-12)18(19(25)26-2)22-24(17)15-5-3-4-14(20)9-15;1-23-10-12(9-21-23)11-5-6-16-15(7-11)17(18(20)25)22-24(16)14-4-2-3-13(19)8-14;1-2/h3-11H,1-2H3;2-10H,1H3,(H2,20,25);1H3/i;;1D. The number of hydrogen-bond donors (Lipinski definition) is 1. The molecule has 53 heavy (non-hydrogen) atoms. The number of benzene rings is 4. The molecule has 8 rings (SSSR count). The Hall–Kier alpha value is -5.93. The summed E-state index contributed by atoms with van der Waals surface area (Å²) in [5.74, 6) is -1.02. The van der Waals surface area contributed by atoms with E-state index >= 15 is 0 Å². The van der Waals surface area contributed by atoms with Crippen molar-refractivity contribution in [1.29, 1.82) is 0 Å². The van der Waals surface area contributed by atoms with Gasteiger partial charge in [0.2, 0.25) is 0 Å². The highest BCUT2D eigenvalue weighted by Gasteiger charge is 2.20. The van der Waals surface area contributed by atoms with E-state index < -0.39 is 19.0 Å². The van der Waals surface area contributed by atoms with Crippen molar-refractivity contribution in [2.75, 3.05) is 14.3 Å². The number of nitrogens with zero attached hydrogens (tertiary/aromatic N) is 8. The molecule has 12 nitrogen and oxygen atoms in total. The lowest BCUT2D eigenvalue weighted by Crippen LogP contribution is -2.12. The van der Waals surface area contributed by atoms with E-state index in [2.05, 4.69) is 52.3 Å². The van der Waals surface area contributed by atoms with Crippen LogP contribution in [0.2, 0.25) is 0 Å². The first-order valence-electron chi connectivity index (χ1n) is 16.5. The summed E-state index contributed by atoms with van der Waals surface area (Å²) in [5, 5.41) is 18.8. The number of amides is 1. The summed E-state index contributed by atoms with van der Waals surface area (Å²) >= 11 is 6.94. The smallest absolute Gasteiger partial charge is 0.359 e. The van der Waals surface area contributed by atoms with Crippen LogP contribution in [0, 0.1) is 0 Å². The number of hydrogen-bond acceptors (Lipinski definition) is 7. The van der Waals surface area contributed by atoms with Gasteiger partial charge in [0.1, 0.15) is 0 Å². The predicted molar refractivity (Wildman–Crippen MR) is 209 cm³/mol. The van der Waals surface area contributed by atoms with Gasteiger partial charge in [0.15, 0.2) is 11.4 Å². The van der Waals surface area contributed by atoms with Crippen molar-refractivity contribution in [3.8, 4) is 33.6 Å². The number of rotatable bonds is 6. The van der Waals surface area contributed by atoms with E-state index in [0.717, 1.165) is 59.0 Å². The molecule has 0 aliphatic carbocycles. The van der Waals surface area contributed by atoms with Crippen molar-refractivity contribution < 1.29 is 20.1 Å². The van der Waals surface area contributed by atoms with Crippen molar-refractivity contribution in [3.63, 3.8) is 0 Å². The Morgan fingerprint density at radius 3 is 1.57 bits per heavy atom. The topological polar surface area (TPSA) is 141 Å². The van der Waals surface area contributed by atoms with Gasteiger partial charge in [-0.25, -0.2) is 14.2 Å². The van der Waals surface area contributed by atoms with Crippen molar-refractivity contribution in [3.05, 3.63) is 130 Å². The van der Waals surface area contributed by atoms with Crippen molar-refractivity contribution >= 4 is 65.5 Å². The zero-order valence-corrected chi connectivity index (χ0v) is 31.8. The number of halogens is 3. The second-order valence-electron chi connectivity index (χ2n) is 11.6. The zero-order valence-electron chi connectivity index (χ0n) is 29.6. The molecule has 0 bridgehead atoms. The van der Waals surface area contributed by atoms with Gasteiger partial charge < -0.3 is 10.5 Å². The molecule has 0 saturated heterocycles. The predicted octanol–water partition coefficient (Wildman–Crippen LogP) is 7.85. The summed E-state index contributed by atoms with van der Waals surface area (Å²) in [7, 11) is 4.09. The number of aryl methyl sites for hydroxylation is 2. The Kier molecular flexibility index (Phi) is 10.5. The van der Waals surface area contributed by atoms with Gasteiger partial charge in [-0.05, 0) is 71.8 Å². The van der Waals surface area contributed by atoms with Crippen LogP contribution in [0.3, 0.4) is 0 Å². The fourth-order valence-corrected chi connectivity index (χ4v) is 6.55. The zero-order chi connectivity index (χ0) is 38.5. The molecule has 0 unspecified atom stereocenters. The van der Waals surface area contributed by atoms with Crippen LogP contribution in [0.25, 0.3) is 55.4 Å². The summed E-state index contributed by atoms with van der Waals surface area (Å²) in [6, 6.07) is 27.2. The number of alkyl halides is 1. The van der Waals surface area contributed by atoms with Crippen LogP contribution >= 0.6 is 31.9 Å². The summed E-state index contributed by atoms with van der Waals surface area (Å²) < 4.78 is 29.2. The fourth-order valence-electron chi connectivity index (χ4n) is 5.77. The van der Waals surface area contributed by atoms with Crippen molar-refractivity contribution in [1.82, 2.24) is 39.1 Å². The number of fused-ring (bicyclic) bond motifs is 2. The lowest BCUT2D eigenvalue weighted by molar-refractivity contribution is 0.0595. The van der Waals surface area contributed by atoms with Crippen LogP contribution in [-0.4, -0.2) is 65.3 Å². The van der Waals surface area contributed by atoms with E-state index in [1.54, 1.807) is 31.1 Å². The van der Waals surface area contributed by atoms with Gasteiger partial charge in [-0.2, -0.15) is 20.4 Å². The van der Waals surface area contributed by atoms with Gasteiger partial charge in [-0.1, -0.05) is 56.1 Å². The second kappa shape index (κ2) is 15.8. The first-order valence-corrected chi connectivity index (χ1v) is 17.4. The maximum atomic E-state index is 12.3. The Bertz CT molecular complexity index is 2630. The quantitative estimate of drug-likeness (QED) is 0.168. The van der Waals surface area contributed by atoms with E-state index in [1.807, 2.05) is 111 Å². The minimum absolute atomic E-state index is 0.251. The number of ether oxygens (including phenoxy) is 1. The number of primary amides is 1. The Labute approximate surface area is 321 Å². The number of aromatic nitrogens is 8. The summed E-state index contributed by atoms with van der Waals surface area (Å²) in [4.78, 5) is 24.2. The molecule has 0 aliphatic heterocycles. The second-order valence-corrected chi connectivity index (χ2v) is 13.4. The summed E-state index contributed by atoms with van der Waals surface area (Å²) in [6.07, 6.45) is 7.42. The van der Waals surface area contributed by atoms with Gasteiger partial charge >= 0.3 is 5.97 Å². The van der Waals surface area contributed by atoms with Gasteiger partial charge in [-0.15, -0.1) is 0 Å². The molecule has 4 heterocycles. The van der Waals surface area contributed by atoms with Crippen molar-refractivity contribution in [2.45, 2.75) is 0 Å². The van der Waals surface area contributed by atoms with E-state index in [1.165, 1.54) is 7.11 Å². The molecule has 0 fully saturated rings. The molecule has 8 aromatic rings. The van der Waals surface area contributed by atoms with Crippen LogP contribution in [0.5, 0.6) is 0 Å². The number of carbonyl (C=O) groups is 2. The highest BCUT2D eigenvalue weighted by molar-refractivity contribution is 9.10.